The minimum absolute atomic E-state index is 0.180. The van der Waals surface area contributed by atoms with Gasteiger partial charge in [0, 0.05) is 42.4 Å². The number of rotatable bonds is 3. The second-order valence-electron chi connectivity index (χ2n) is 7.92. The fraction of sp³-hybridized carbons (Fsp3) is 0.217. The molecule has 0 aliphatic carbocycles. The third-order valence-electron chi connectivity index (χ3n) is 5.96. The van der Waals surface area contributed by atoms with Crippen LogP contribution < -0.4 is 11.1 Å². The Morgan fingerprint density at radius 3 is 2.52 bits per heavy atom. The molecule has 156 valence electrons. The van der Waals surface area contributed by atoms with E-state index in [0.29, 0.717) is 24.2 Å². The summed E-state index contributed by atoms with van der Waals surface area (Å²) in [4.78, 5) is 38.2. The second kappa shape index (κ2) is 7.09. The number of carbonyl (C=O) groups is 3. The predicted molar refractivity (Wildman–Crippen MR) is 115 cm³/mol. The topological polar surface area (TPSA) is 110 Å². The van der Waals surface area contributed by atoms with Gasteiger partial charge in [0.15, 0.2) is 0 Å². The first-order valence-electron chi connectivity index (χ1n) is 10.1. The molecule has 8 heteroatoms. The summed E-state index contributed by atoms with van der Waals surface area (Å²) < 4.78 is 1.81. The lowest BCUT2D eigenvalue weighted by Crippen LogP contribution is -2.52. The molecule has 5 rings (SSSR count). The number of anilines is 1. The van der Waals surface area contributed by atoms with Gasteiger partial charge in [-0.25, -0.2) is 0 Å². The van der Waals surface area contributed by atoms with Crippen molar-refractivity contribution in [3.05, 3.63) is 59.8 Å². The Bertz CT molecular complexity index is 1230. The molecule has 3 N–H and O–H groups in total. The Balaban J connectivity index is 1.49. The standard InChI is InChI=1S/C23H21N5O3/c1-27-21(13-2-5-16(24)6-3-13)18(11-25-27)14-4-7-17-15(10-14)12-28(23(17)31)19-8-9-20(29)26-22(19)30/h2-7,10-11,19H,8-9,12,24H2,1H3,(H,26,29,30). The summed E-state index contributed by atoms with van der Waals surface area (Å²) >= 11 is 0. The average molecular weight is 415 g/mol. The van der Waals surface area contributed by atoms with Gasteiger partial charge in [-0.1, -0.05) is 18.2 Å². The molecule has 1 unspecified atom stereocenters. The molecule has 0 spiro atoms. The van der Waals surface area contributed by atoms with Crippen LogP contribution in [0.4, 0.5) is 5.69 Å². The molecule has 1 aromatic heterocycles. The molecule has 0 saturated carbocycles. The zero-order chi connectivity index (χ0) is 21.7. The van der Waals surface area contributed by atoms with Crippen molar-refractivity contribution >= 4 is 23.4 Å². The molecule has 1 fully saturated rings. The van der Waals surface area contributed by atoms with E-state index in [1.54, 1.807) is 11.0 Å². The number of nitrogens with two attached hydrogens (primary N) is 1. The largest absolute Gasteiger partial charge is 0.399 e. The lowest BCUT2D eigenvalue weighted by Gasteiger charge is -2.29. The fourth-order valence-corrected chi connectivity index (χ4v) is 4.37. The van der Waals surface area contributed by atoms with Crippen LogP contribution in [0.2, 0.25) is 0 Å². The first-order valence-corrected chi connectivity index (χ1v) is 10.1. The Morgan fingerprint density at radius 2 is 1.77 bits per heavy atom. The van der Waals surface area contributed by atoms with Crippen molar-refractivity contribution < 1.29 is 14.4 Å². The molecule has 31 heavy (non-hydrogen) atoms. The number of hydrogen-bond acceptors (Lipinski definition) is 5. The number of amides is 3. The number of carbonyl (C=O) groups excluding carboxylic acids is 3. The van der Waals surface area contributed by atoms with Crippen LogP contribution in [-0.2, 0) is 23.2 Å². The number of fused-ring (bicyclic) bond motifs is 1. The summed E-state index contributed by atoms with van der Waals surface area (Å²) in [6, 6.07) is 12.7. The number of benzene rings is 2. The number of nitrogens with one attached hydrogen (secondary N) is 1. The van der Waals surface area contributed by atoms with E-state index < -0.39 is 11.9 Å². The van der Waals surface area contributed by atoms with Crippen molar-refractivity contribution in [2.75, 3.05) is 5.73 Å². The lowest BCUT2D eigenvalue weighted by atomic mass is 9.98. The van der Waals surface area contributed by atoms with E-state index in [1.165, 1.54) is 0 Å². The predicted octanol–water partition coefficient (Wildman–Crippen LogP) is 2.10. The van der Waals surface area contributed by atoms with Crippen molar-refractivity contribution in [3.8, 4) is 22.4 Å². The Labute approximate surface area is 178 Å². The summed E-state index contributed by atoms with van der Waals surface area (Å²) in [5.41, 5.74) is 11.8. The van der Waals surface area contributed by atoms with Crippen LogP contribution in [0.25, 0.3) is 22.4 Å². The molecule has 3 aromatic rings. The van der Waals surface area contributed by atoms with E-state index in [1.807, 2.05) is 54.3 Å². The summed E-state index contributed by atoms with van der Waals surface area (Å²) in [6.07, 6.45) is 2.39. The van der Waals surface area contributed by atoms with E-state index in [0.717, 1.165) is 27.9 Å². The molecular weight excluding hydrogens is 394 g/mol. The van der Waals surface area contributed by atoms with E-state index >= 15 is 0 Å². The Morgan fingerprint density at radius 1 is 1.03 bits per heavy atom. The third-order valence-corrected chi connectivity index (χ3v) is 5.96. The third kappa shape index (κ3) is 3.16. The van der Waals surface area contributed by atoms with Gasteiger partial charge in [-0.05, 0) is 41.8 Å². The van der Waals surface area contributed by atoms with Crippen LogP contribution in [0.5, 0.6) is 0 Å². The number of nitrogens with zero attached hydrogens (tertiary/aromatic N) is 3. The minimum atomic E-state index is -0.621. The highest BCUT2D eigenvalue weighted by atomic mass is 16.2. The van der Waals surface area contributed by atoms with Crippen LogP contribution in [0.3, 0.4) is 0 Å². The van der Waals surface area contributed by atoms with Crippen molar-refractivity contribution in [3.63, 3.8) is 0 Å². The highest BCUT2D eigenvalue weighted by Crippen LogP contribution is 2.35. The van der Waals surface area contributed by atoms with Crippen molar-refractivity contribution in [1.29, 1.82) is 0 Å². The molecule has 2 aromatic carbocycles. The zero-order valence-corrected chi connectivity index (χ0v) is 17.0. The average Bonchev–Trinajstić information content (AvgIpc) is 3.28. The van der Waals surface area contributed by atoms with E-state index in [4.69, 9.17) is 5.73 Å². The summed E-state index contributed by atoms with van der Waals surface area (Å²) in [6.45, 7) is 0.339. The van der Waals surface area contributed by atoms with Crippen molar-refractivity contribution in [2.24, 2.45) is 7.05 Å². The highest BCUT2D eigenvalue weighted by molar-refractivity contribution is 6.05. The second-order valence-corrected chi connectivity index (χ2v) is 7.92. The molecule has 3 amide bonds. The monoisotopic (exact) mass is 415 g/mol. The van der Waals surface area contributed by atoms with Crippen LogP contribution >= 0.6 is 0 Å². The number of hydrogen-bond donors (Lipinski definition) is 2. The zero-order valence-electron chi connectivity index (χ0n) is 17.0. The molecule has 0 radical (unpaired) electrons. The molecule has 0 bridgehead atoms. The Hall–Kier alpha value is -3.94. The van der Waals surface area contributed by atoms with Crippen LogP contribution in [-0.4, -0.2) is 38.4 Å². The summed E-state index contributed by atoms with van der Waals surface area (Å²) in [5, 5.41) is 6.76. The highest BCUT2D eigenvalue weighted by Gasteiger charge is 2.39. The maximum atomic E-state index is 12.9. The van der Waals surface area contributed by atoms with Gasteiger partial charge >= 0.3 is 0 Å². The number of imide groups is 1. The molecule has 1 atom stereocenters. The van der Waals surface area contributed by atoms with Gasteiger partial charge in [0.2, 0.25) is 11.8 Å². The normalized spacial score (nSPS) is 18.3. The van der Waals surface area contributed by atoms with E-state index in [9.17, 15) is 14.4 Å². The number of aromatic nitrogens is 2. The molecule has 2 aliphatic heterocycles. The lowest BCUT2D eigenvalue weighted by molar-refractivity contribution is -0.136. The SMILES string of the molecule is Cn1ncc(-c2ccc3c(c2)CN(C2CCC(=O)NC2=O)C3=O)c1-c1ccc(N)cc1. The smallest absolute Gasteiger partial charge is 0.255 e. The molecular formula is C23H21N5O3. The number of nitrogen functional groups attached to an aromatic ring is 1. The number of aryl methyl sites for hydroxylation is 1. The van der Waals surface area contributed by atoms with Crippen molar-refractivity contribution in [1.82, 2.24) is 20.0 Å². The van der Waals surface area contributed by atoms with Gasteiger partial charge in [0.05, 0.1) is 11.9 Å². The van der Waals surface area contributed by atoms with Crippen LogP contribution in [0.15, 0.2) is 48.7 Å². The molecule has 3 heterocycles. The van der Waals surface area contributed by atoms with Gasteiger partial charge in [-0.3, -0.25) is 24.4 Å². The quantitative estimate of drug-likeness (QED) is 0.503. The first-order chi connectivity index (χ1) is 14.9. The molecule has 1 saturated heterocycles. The molecule has 2 aliphatic rings. The summed E-state index contributed by atoms with van der Waals surface area (Å²) in [5.74, 6) is -0.879. The van der Waals surface area contributed by atoms with Crippen LogP contribution in [0.1, 0.15) is 28.8 Å². The van der Waals surface area contributed by atoms with Gasteiger partial charge in [0.25, 0.3) is 5.91 Å². The summed E-state index contributed by atoms with van der Waals surface area (Å²) in [7, 11) is 1.89. The fourth-order valence-electron chi connectivity index (χ4n) is 4.37. The Kier molecular flexibility index (Phi) is 4.35. The first kappa shape index (κ1) is 19.0. The maximum absolute atomic E-state index is 12.9. The minimum Gasteiger partial charge on any atom is -0.399 e. The van der Waals surface area contributed by atoms with Crippen molar-refractivity contribution in [2.45, 2.75) is 25.4 Å². The van der Waals surface area contributed by atoms with Crippen LogP contribution in [0, 0.1) is 0 Å². The molecule has 8 nitrogen and oxygen atoms in total. The van der Waals surface area contributed by atoms with Gasteiger partial charge < -0.3 is 10.6 Å². The van der Waals surface area contributed by atoms with Gasteiger partial charge in [0.1, 0.15) is 6.04 Å². The van der Waals surface area contributed by atoms with Gasteiger partial charge in [-0.2, -0.15) is 5.10 Å². The maximum Gasteiger partial charge on any atom is 0.255 e. The van der Waals surface area contributed by atoms with E-state index in [-0.39, 0.29) is 18.2 Å². The van der Waals surface area contributed by atoms with Gasteiger partial charge in [-0.15, -0.1) is 0 Å². The number of piperidine rings is 1. The van der Waals surface area contributed by atoms with E-state index in [2.05, 4.69) is 10.4 Å².